The van der Waals surface area contributed by atoms with Gasteiger partial charge in [-0.1, -0.05) is 85.8 Å². The van der Waals surface area contributed by atoms with E-state index in [9.17, 15) is 14.7 Å². The predicted octanol–water partition coefficient (Wildman–Crippen LogP) is 6.05. The number of imide groups is 1. The molecule has 0 spiro atoms. The number of ether oxygens (including phenoxy) is 2. The Morgan fingerprint density at radius 2 is 1.38 bits per heavy atom. The second-order valence-electron chi connectivity index (χ2n) is 13.7. The van der Waals surface area contributed by atoms with Crippen LogP contribution in [0.5, 0.6) is 0 Å². The van der Waals surface area contributed by atoms with E-state index in [1.807, 2.05) is 54.6 Å². The molecule has 10 nitrogen and oxygen atoms in total. The van der Waals surface area contributed by atoms with Crippen molar-refractivity contribution in [3.63, 3.8) is 0 Å². The molecule has 4 heterocycles. The summed E-state index contributed by atoms with van der Waals surface area (Å²) >= 11 is 0. The Morgan fingerprint density at radius 3 is 2.06 bits per heavy atom. The largest absolute Gasteiger partial charge is 0.392 e. The summed E-state index contributed by atoms with van der Waals surface area (Å²) in [5.74, 6) is 0.322. The standard InChI is InChI=1S/C42H41N5O5/c1-28-37(26-45-20-22-46(23-21-45)42-43-18-5-19-44-42)51-41(52-38(28)32-12-10-29(27-48)11-13-32)33-16-14-31(15-17-33)34-7-4-6-30(24-34)25-47-39(49)35-8-2-3-9-36(35)40(47)50/h2-19,24,28,37-38,41,48H,20-23,25-27H2,1H3/t28-,37+,38+,41+/m1/s1. The van der Waals surface area contributed by atoms with Crippen LogP contribution in [0.1, 0.15) is 62.3 Å². The molecule has 0 saturated carbocycles. The van der Waals surface area contributed by atoms with E-state index in [0.29, 0.717) is 11.1 Å². The van der Waals surface area contributed by atoms with Crippen LogP contribution in [0.2, 0.25) is 0 Å². The third kappa shape index (κ3) is 6.86. The smallest absolute Gasteiger partial charge is 0.261 e. The molecule has 2 saturated heterocycles. The molecule has 5 aromatic rings. The van der Waals surface area contributed by atoms with Crippen LogP contribution in [0.15, 0.2) is 116 Å². The van der Waals surface area contributed by atoms with Crippen molar-refractivity contribution in [3.05, 3.63) is 149 Å². The first-order valence-corrected chi connectivity index (χ1v) is 17.8. The fourth-order valence-electron chi connectivity index (χ4n) is 7.41. The van der Waals surface area contributed by atoms with Crippen LogP contribution in [0.25, 0.3) is 11.1 Å². The Bertz CT molecular complexity index is 2000. The molecule has 3 aliphatic rings. The van der Waals surface area contributed by atoms with E-state index in [-0.39, 0.29) is 43.1 Å². The molecule has 0 radical (unpaired) electrons. The van der Waals surface area contributed by atoms with Crippen molar-refractivity contribution in [2.45, 2.75) is 38.6 Å². The summed E-state index contributed by atoms with van der Waals surface area (Å²) in [6.07, 6.45) is 2.71. The van der Waals surface area contributed by atoms with Gasteiger partial charge in [0.05, 0.1) is 36.5 Å². The monoisotopic (exact) mass is 695 g/mol. The number of aliphatic hydroxyl groups is 1. The zero-order valence-electron chi connectivity index (χ0n) is 29.0. The number of hydrogen-bond donors (Lipinski definition) is 1. The number of carbonyl (C=O) groups excluding carboxylic acids is 2. The number of nitrogens with zero attached hydrogens (tertiary/aromatic N) is 5. The van der Waals surface area contributed by atoms with Crippen molar-refractivity contribution in [2.24, 2.45) is 5.92 Å². The van der Waals surface area contributed by atoms with Crippen molar-refractivity contribution >= 4 is 17.8 Å². The van der Waals surface area contributed by atoms with Crippen LogP contribution < -0.4 is 4.90 Å². The van der Waals surface area contributed by atoms with Crippen LogP contribution in [0, 0.1) is 5.92 Å². The molecular formula is C42H41N5O5. The third-order valence-corrected chi connectivity index (χ3v) is 10.4. The molecule has 4 atom stereocenters. The van der Waals surface area contributed by atoms with Crippen LogP contribution >= 0.6 is 0 Å². The topological polar surface area (TPSA) is 108 Å². The van der Waals surface area contributed by atoms with E-state index in [4.69, 9.17) is 9.47 Å². The lowest BCUT2D eigenvalue weighted by Gasteiger charge is -2.44. The van der Waals surface area contributed by atoms with Gasteiger partial charge < -0.3 is 19.5 Å². The summed E-state index contributed by atoms with van der Waals surface area (Å²) in [6, 6.07) is 33.0. The minimum absolute atomic E-state index is 0.00621. The summed E-state index contributed by atoms with van der Waals surface area (Å²) < 4.78 is 13.5. The van der Waals surface area contributed by atoms with Crippen molar-refractivity contribution in [2.75, 3.05) is 37.6 Å². The number of aliphatic hydroxyl groups excluding tert-OH is 1. The van der Waals surface area contributed by atoms with E-state index < -0.39 is 6.29 Å². The molecule has 0 aliphatic carbocycles. The lowest BCUT2D eigenvalue weighted by Crippen LogP contribution is -2.51. The third-order valence-electron chi connectivity index (χ3n) is 10.4. The van der Waals surface area contributed by atoms with E-state index in [1.54, 1.807) is 36.7 Å². The zero-order chi connectivity index (χ0) is 35.6. The highest BCUT2D eigenvalue weighted by Crippen LogP contribution is 2.42. The maximum atomic E-state index is 13.0. The van der Waals surface area contributed by atoms with E-state index in [0.717, 1.165) is 72.1 Å². The number of rotatable bonds is 9. The van der Waals surface area contributed by atoms with E-state index in [2.05, 4.69) is 51.0 Å². The number of carbonyl (C=O) groups is 2. The van der Waals surface area contributed by atoms with Gasteiger partial charge in [-0.25, -0.2) is 9.97 Å². The molecule has 0 unspecified atom stereocenters. The minimum Gasteiger partial charge on any atom is -0.392 e. The molecule has 2 fully saturated rings. The highest BCUT2D eigenvalue weighted by Gasteiger charge is 2.40. The van der Waals surface area contributed by atoms with Crippen LogP contribution in [0.4, 0.5) is 5.95 Å². The first-order chi connectivity index (χ1) is 25.4. The fraction of sp³-hybridized carbons (Fsp3) is 0.286. The molecular weight excluding hydrogens is 654 g/mol. The Hall–Kier alpha value is -5.26. The van der Waals surface area contributed by atoms with Gasteiger partial charge >= 0.3 is 0 Å². The molecule has 1 aromatic heterocycles. The van der Waals surface area contributed by atoms with Gasteiger partial charge in [0.2, 0.25) is 5.95 Å². The number of amides is 2. The number of piperazine rings is 1. The predicted molar refractivity (Wildman–Crippen MR) is 196 cm³/mol. The summed E-state index contributed by atoms with van der Waals surface area (Å²) in [6.45, 7) is 6.62. The Balaban J connectivity index is 0.985. The van der Waals surface area contributed by atoms with Crippen LogP contribution in [-0.2, 0) is 22.6 Å². The van der Waals surface area contributed by atoms with Gasteiger partial charge in [-0.3, -0.25) is 19.4 Å². The van der Waals surface area contributed by atoms with Crippen molar-refractivity contribution in [1.29, 1.82) is 0 Å². The number of hydrogen-bond acceptors (Lipinski definition) is 9. The van der Waals surface area contributed by atoms with Gasteiger partial charge in [0.15, 0.2) is 6.29 Å². The number of benzene rings is 4. The first-order valence-electron chi connectivity index (χ1n) is 17.8. The lowest BCUT2D eigenvalue weighted by atomic mass is 9.89. The SMILES string of the molecule is C[C@@H]1[C@H](CN2CCN(c3ncccn3)CC2)O[C@H](c2ccc(-c3cccc(CN4C(=O)c5ccccc5C4=O)c3)cc2)O[C@@H]1c1ccc(CO)cc1. The molecule has 0 bridgehead atoms. The summed E-state index contributed by atoms with van der Waals surface area (Å²) in [7, 11) is 0. The Labute approximate surface area is 303 Å². The quantitative estimate of drug-likeness (QED) is 0.185. The Kier molecular flexibility index (Phi) is 9.62. The second kappa shape index (κ2) is 14.8. The average molecular weight is 696 g/mol. The van der Waals surface area contributed by atoms with Crippen LogP contribution in [-0.4, -0.2) is 75.5 Å². The van der Waals surface area contributed by atoms with Crippen molar-refractivity contribution in [1.82, 2.24) is 19.8 Å². The van der Waals surface area contributed by atoms with Crippen molar-refractivity contribution < 1.29 is 24.2 Å². The van der Waals surface area contributed by atoms with E-state index in [1.165, 1.54) is 4.90 Å². The molecule has 3 aliphatic heterocycles. The molecule has 52 heavy (non-hydrogen) atoms. The maximum absolute atomic E-state index is 13.0. The lowest BCUT2D eigenvalue weighted by molar-refractivity contribution is -0.276. The van der Waals surface area contributed by atoms with Gasteiger partial charge in [0, 0.05) is 56.6 Å². The Morgan fingerprint density at radius 1 is 0.712 bits per heavy atom. The number of fused-ring (bicyclic) bond motifs is 1. The van der Waals surface area contributed by atoms with Crippen LogP contribution in [0.3, 0.4) is 0 Å². The summed E-state index contributed by atoms with van der Waals surface area (Å²) in [5.41, 5.74) is 6.61. The second-order valence-corrected chi connectivity index (χ2v) is 13.7. The van der Waals surface area contributed by atoms with E-state index >= 15 is 0 Å². The molecule has 264 valence electrons. The van der Waals surface area contributed by atoms with Gasteiger partial charge in [0.1, 0.15) is 0 Å². The molecule has 2 amide bonds. The first kappa shape index (κ1) is 33.9. The highest BCUT2D eigenvalue weighted by molar-refractivity contribution is 6.21. The summed E-state index contributed by atoms with van der Waals surface area (Å²) in [4.78, 5) is 40.8. The molecule has 1 N–H and O–H groups in total. The van der Waals surface area contributed by atoms with Gasteiger partial charge in [-0.2, -0.15) is 0 Å². The molecule has 8 rings (SSSR count). The molecule has 4 aromatic carbocycles. The number of aromatic nitrogens is 2. The number of anilines is 1. The normalized spacial score (nSPS) is 22.1. The fourth-order valence-corrected chi connectivity index (χ4v) is 7.41. The van der Waals surface area contributed by atoms with Gasteiger partial charge in [0.25, 0.3) is 11.8 Å². The summed E-state index contributed by atoms with van der Waals surface area (Å²) in [5, 5.41) is 9.64. The maximum Gasteiger partial charge on any atom is 0.261 e. The zero-order valence-corrected chi connectivity index (χ0v) is 29.0. The highest BCUT2D eigenvalue weighted by atomic mass is 16.7. The average Bonchev–Trinajstić information content (AvgIpc) is 3.44. The van der Waals surface area contributed by atoms with Crippen molar-refractivity contribution in [3.8, 4) is 11.1 Å². The van der Waals surface area contributed by atoms with Gasteiger partial charge in [-0.15, -0.1) is 0 Å². The minimum atomic E-state index is -0.572. The molecule has 10 heteroatoms. The van der Waals surface area contributed by atoms with Gasteiger partial charge in [-0.05, 0) is 52.1 Å².